The number of benzene rings is 2. The first kappa shape index (κ1) is 14.6. The highest BCUT2D eigenvalue weighted by atomic mass is 15.2. The largest absolute Gasteiger partial charge is 0.354 e. The molecule has 0 fully saturated rings. The summed E-state index contributed by atoms with van der Waals surface area (Å²) in [5, 5.41) is 3.39. The quantitative estimate of drug-likeness (QED) is 0.731. The molecule has 3 rings (SSSR count). The first-order valence-corrected chi connectivity index (χ1v) is 7.65. The van der Waals surface area contributed by atoms with E-state index in [4.69, 9.17) is 0 Å². The maximum atomic E-state index is 4.54. The van der Waals surface area contributed by atoms with Gasteiger partial charge in [-0.15, -0.1) is 0 Å². The molecular weight excluding hydrogens is 272 g/mol. The van der Waals surface area contributed by atoms with E-state index < -0.39 is 0 Å². The molecule has 2 N–H and O–H groups in total. The molecule has 4 nitrogen and oxygen atoms in total. The van der Waals surface area contributed by atoms with Gasteiger partial charge < -0.3 is 10.3 Å². The molecule has 0 saturated carbocycles. The molecule has 22 heavy (non-hydrogen) atoms. The van der Waals surface area contributed by atoms with Crippen molar-refractivity contribution in [1.82, 2.24) is 14.9 Å². The molecule has 1 unspecified atom stereocenters. The molecule has 1 atom stereocenters. The average molecular weight is 294 g/mol. The van der Waals surface area contributed by atoms with Crippen LogP contribution >= 0.6 is 0 Å². The normalized spacial score (nSPS) is 12.7. The fourth-order valence-corrected chi connectivity index (χ4v) is 2.46. The second-order valence-corrected chi connectivity index (χ2v) is 5.73. The van der Waals surface area contributed by atoms with Crippen LogP contribution in [0.5, 0.6) is 0 Å². The highest BCUT2D eigenvalue weighted by Crippen LogP contribution is 2.13. The fraction of sp³-hybridized carbons (Fsp3) is 0.278. The number of H-pyrrole nitrogens is 1. The Balaban J connectivity index is 1.56. The summed E-state index contributed by atoms with van der Waals surface area (Å²) in [7, 11) is 2.15. The molecule has 1 heterocycles. The van der Waals surface area contributed by atoms with Crippen LogP contribution in [0.15, 0.2) is 54.6 Å². The Bertz CT molecular complexity index is 687. The Kier molecular flexibility index (Phi) is 4.39. The lowest BCUT2D eigenvalue weighted by molar-refractivity contribution is 0.259. The summed E-state index contributed by atoms with van der Waals surface area (Å²) >= 11 is 0. The molecular formula is C18H22N4. The predicted molar refractivity (Wildman–Crippen MR) is 92.0 cm³/mol. The first-order valence-electron chi connectivity index (χ1n) is 7.65. The molecule has 2 aromatic carbocycles. The van der Waals surface area contributed by atoms with Crippen molar-refractivity contribution in [1.29, 1.82) is 0 Å². The van der Waals surface area contributed by atoms with Crippen molar-refractivity contribution in [3.05, 3.63) is 60.2 Å². The summed E-state index contributed by atoms with van der Waals surface area (Å²) in [6, 6.07) is 19.0. The maximum Gasteiger partial charge on any atom is 0.201 e. The van der Waals surface area contributed by atoms with Gasteiger partial charge in [0.2, 0.25) is 5.95 Å². The molecule has 0 bridgehead atoms. The highest BCUT2D eigenvalue weighted by molar-refractivity contribution is 5.77. The number of likely N-dealkylation sites (N-methyl/N-ethyl adjacent to an activating group) is 1. The van der Waals surface area contributed by atoms with Crippen LogP contribution in [0.25, 0.3) is 11.0 Å². The molecule has 0 aliphatic rings. The number of hydrogen-bond donors (Lipinski definition) is 2. The summed E-state index contributed by atoms with van der Waals surface area (Å²) in [5.41, 5.74) is 3.39. The van der Waals surface area contributed by atoms with Crippen LogP contribution in [0, 0.1) is 0 Å². The third-order valence-corrected chi connectivity index (χ3v) is 3.98. The van der Waals surface area contributed by atoms with E-state index in [1.165, 1.54) is 5.56 Å². The van der Waals surface area contributed by atoms with Crippen LogP contribution in [-0.2, 0) is 6.54 Å². The molecule has 0 aliphatic heterocycles. The summed E-state index contributed by atoms with van der Waals surface area (Å²) in [5.74, 6) is 0.834. The zero-order chi connectivity index (χ0) is 15.4. The van der Waals surface area contributed by atoms with E-state index in [1.807, 2.05) is 24.3 Å². The molecule has 0 saturated heterocycles. The lowest BCUT2D eigenvalue weighted by Crippen LogP contribution is -2.34. The topological polar surface area (TPSA) is 44.0 Å². The number of nitrogens with one attached hydrogen (secondary N) is 2. The van der Waals surface area contributed by atoms with Gasteiger partial charge in [-0.3, -0.25) is 4.90 Å². The Morgan fingerprint density at radius 1 is 1.09 bits per heavy atom. The maximum absolute atomic E-state index is 4.54. The van der Waals surface area contributed by atoms with Crippen molar-refractivity contribution >= 4 is 17.0 Å². The predicted octanol–water partition coefficient (Wildman–Crippen LogP) is 3.50. The van der Waals surface area contributed by atoms with Crippen molar-refractivity contribution in [2.45, 2.75) is 19.5 Å². The number of anilines is 1. The second kappa shape index (κ2) is 6.62. The van der Waals surface area contributed by atoms with Gasteiger partial charge in [0.1, 0.15) is 0 Å². The van der Waals surface area contributed by atoms with Crippen molar-refractivity contribution in [2.24, 2.45) is 0 Å². The first-order chi connectivity index (χ1) is 10.7. The monoisotopic (exact) mass is 294 g/mol. The minimum atomic E-state index is 0.411. The minimum absolute atomic E-state index is 0.411. The lowest BCUT2D eigenvalue weighted by atomic mass is 10.2. The number of imidazole rings is 1. The number of nitrogens with zero attached hydrogens (tertiary/aromatic N) is 2. The Hall–Kier alpha value is -2.33. The number of para-hydroxylation sites is 2. The van der Waals surface area contributed by atoms with Gasteiger partial charge in [0, 0.05) is 19.1 Å². The van der Waals surface area contributed by atoms with E-state index in [-0.39, 0.29) is 0 Å². The third-order valence-electron chi connectivity index (χ3n) is 3.98. The number of aromatic nitrogens is 2. The molecule has 4 heteroatoms. The average Bonchev–Trinajstić information content (AvgIpc) is 2.96. The smallest absolute Gasteiger partial charge is 0.201 e. The standard InChI is InChI=1S/C18H22N4/c1-14(22(2)13-15-8-4-3-5-9-15)12-19-18-20-16-10-6-7-11-17(16)21-18/h3-11,14H,12-13H2,1-2H3,(H2,19,20,21). The minimum Gasteiger partial charge on any atom is -0.354 e. The van der Waals surface area contributed by atoms with Crippen LogP contribution in [0.2, 0.25) is 0 Å². The molecule has 0 radical (unpaired) electrons. The van der Waals surface area contributed by atoms with Crippen LogP contribution in [0.3, 0.4) is 0 Å². The number of fused-ring (bicyclic) bond motifs is 1. The SMILES string of the molecule is CC(CNc1nc2ccccc2[nH]1)N(C)Cc1ccccc1. The van der Waals surface area contributed by atoms with Gasteiger partial charge in [-0.2, -0.15) is 0 Å². The van der Waals surface area contributed by atoms with Crippen LogP contribution in [0.4, 0.5) is 5.95 Å². The molecule has 3 aromatic rings. The van der Waals surface area contributed by atoms with Crippen molar-refractivity contribution in [2.75, 3.05) is 18.9 Å². The zero-order valence-electron chi connectivity index (χ0n) is 13.1. The van der Waals surface area contributed by atoms with Crippen molar-refractivity contribution in [3.8, 4) is 0 Å². The van der Waals surface area contributed by atoms with Gasteiger partial charge >= 0.3 is 0 Å². The van der Waals surface area contributed by atoms with Crippen LogP contribution in [0.1, 0.15) is 12.5 Å². The Morgan fingerprint density at radius 3 is 2.59 bits per heavy atom. The molecule has 114 valence electrons. The Labute approximate surface area is 131 Å². The van der Waals surface area contributed by atoms with Crippen molar-refractivity contribution < 1.29 is 0 Å². The van der Waals surface area contributed by atoms with Crippen molar-refractivity contribution in [3.63, 3.8) is 0 Å². The second-order valence-electron chi connectivity index (χ2n) is 5.73. The van der Waals surface area contributed by atoms with Crippen LogP contribution < -0.4 is 5.32 Å². The number of rotatable bonds is 6. The zero-order valence-corrected chi connectivity index (χ0v) is 13.1. The molecule has 0 amide bonds. The molecule has 1 aromatic heterocycles. The third kappa shape index (κ3) is 3.46. The van der Waals surface area contributed by atoms with E-state index >= 15 is 0 Å². The summed E-state index contributed by atoms with van der Waals surface area (Å²) < 4.78 is 0. The number of aromatic amines is 1. The van der Waals surface area contributed by atoms with Gasteiger partial charge in [0.05, 0.1) is 11.0 Å². The van der Waals surface area contributed by atoms with E-state index in [0.717, 1.165) is 30.1 Å². The molecule has 0 spiro atoms. The fourth-order valence-electron chi connectivity index (χ4n) is 2.46. The summed E-state index contributed by atoms with van der Waals surface area (Å²) in [6.45, 7) is 4.02. The Morgan fingerprint density at radius 2 is 1.82 bits per heavy atom. The van der Waals surface area contributed by atoms with E-state index in [1.54, 1.807) is 0 Å². The van der Waals surface area contributed by atoms with Gasteiger partial charge in [0.15, 0.2) is 0 Å². The van der Waals surface area contributed by atoms with E-state index in [9.17, 15) is 0 Å². The highest BCUT2D eigenvalue weighted by Gasteiger charge is 2.10. The summed E-state index contributed by atoms with van der Waals surface area (Å²) in [4.78, 5) is 10.2. The van der Waals surface area contributed by atoms with E-state index in [2.05, 4.69) is 64.5 Å². The molecule has 0 aliphatic carbocycles. The van der Waals surface area contributed by atoms with Gasteiger partial charge in [-0.25, -0.2) is 4.98 Å². The lowest BCUT2D eigenvalue weighted by Gasteiger charge is -2.24. The van der Waals surface area contributed by atoms with Gasteiger partial charge in [-0.1, -0.05) is 42.5 Å². The van der Waals surface area contributed by atoms with Gasteiger partial charge in [0.25, 0.3) is 0 Å². The number of hydrogen-bond acceptors (Lipinski definition) is 3. The van der Waals surface area contributed by atoms with Gasteiger partial charge in [-0.05, 0) is 31.7 Å². The van der Waals surface area contributed by atoms with E-state index in [0.29, 0.717) is 6.04 Å². The van der Waals surface area contributed by atoms with Crippen LogP contribution in [-0.4, -0.2) is 34.5 Å². The summed E-state index contributed by atoms with van der Waals surface area (Å²) in [6.07, 6.45) is 0.